The Morgan fingerprint density at radius 3 is 1.12 bits per heavy atom. The third-order valence-electron chi connectivity index (χ3n) is 0.210. The van der Waals surface area contributed by atoms with Gasteiger partial charge in [-0.25, -0.2) is 8.88 Å². The Balaban J connectivity index is -0.0000000321. The summed E-state index contributed by atoms with van der Waals surface area (Å²) in [5.41, 5.74) is 0. The zero-order valence-corrected chi connectivity index (χ0v) is 14.9. The van der Waals surface area contributed by atoms with Crippen molar-refractivity contribution < 1.29 is 140 Å². The number of phosphoric acid groups is 2. The molecular formula is H7FKNaO11P2. The van der Waals surface area contributed by atoms with Gasteiger partial charge in [0.2, 0.25) is 0 Å². The fraction of sp³-hybridized carbons (Fsp3) is 0. The zero-order chi connectivity index (χ0) is 11.7. The summed E-state index contributed by atoms with van der Waals surface area (Å²) < 4.78 is 21.9. The van der Waals surface area contributed by atoms with Crippen molar-refractivity contribution in [1.82, 2.24) is 0 Å². The van der Waals surface area contributed by atoms with Gasteiger partial charge in [0.1, 0.15) is 0 Å². The Morgan fingerprint density at radius 1 is 0.938 bits per heavy atom. The van der Waals surface area contributed by atoms with Crippen LogP contribution in [0.3, 0.4) is 0 Å². The second-order valence-electron chi connectivity index (χ2n) is 1.04. The molecule has 1 atom stereocenters. The smallest absolute Gasteiger partial charge is 1.00 e. The van der Waals surface area contributed by atoms with Crippen LogP contribution in [0.1, 0.15) is 0 Å². The molecule has 0 radical (unpaired) electrons. The summed E-state index contributed by atoms with van der Waals surface area (Å²) >= 11 is 0. The summed E-state index contributed by atoms with van der Waals surface area (Å²) in [5, 5.41) is 24.0. The largest absolute Gasteiger partial charge is 1.00 e. The Labute approximate surface area is 153 Å². The van der Waals surface area contributed by atoms with Crippen molar-refractivity contribution in [1.29, 1.82) is 0 Å². The third kappa shape index (κ3) is 54.5. The van der Waals surface area contributed by atoms with Crippen molar-refractivity contribution >= 4 is 15.6 Å². The van der Waals surface area contributed by atoms with Crippen molar-refractivity contribution in [3.05, 3.63) is 0 Å². The van der Waals surface area contributed by atoms with Gasteiger partial charge in [-0.3, -0.25) is 25.6 Å². The molecule has 0 aliphatic heterocycles. The van der Waals surface area contributed by atoms with E-state index in [4.69, 9.17) is 35.7 Å². The van der Waals surface area contributed by atoms with E-state index in [0.717, 1.165) is 0 Å². The van der Waals surface area contributed by atoms with Crippen LogP contribution in [0.15, 0.2) is 0 Å². The van der Waals surface area contributed by atoms with Gasteiger partial charge in [0.25, 0.3) is 7.82 Å². The minimum absolute atomic E-state index is 0. The van der Waals surface area contributed by atoms with Gasteiger partial charge in [-0.2, -0.15) is 0 Å². The van der Waals surface area contributed by atoms with Gasteiger partial charge < -0.3 is 24.3 Å². The molecule has 0 saturated carbocycles. The molecule has 0 heterocycles. The SMILES string of the molecule is O=P([O-])(O)OP(=O)(O)O.OO.OO.[F-].[K+].[Na+]. The van der Waals surface area contributed by atoms with Crippen LogP contribution in [0.2, 0.25) is 0 Å². The molecule has 0 bridgehead atoms. The van der Waals surface area contributed by atoms with E-state index in [2.05, 4.69) is 4.31 Å². The van der Waals surface area contributed by atoms with E-state index in [1.807, 2.05) is 0 Å². The van der Waals surface area contributed by atoms with Crippen molar-refractivity contribution in [3.63, 3.8) is 0 Å². The van der Waals surface area contributed by atoms with Gasteiger partial charge in [0.05, 0.1) is 0 Å². The molecule has 0 rings (SSSR count). The van der Waals surface area contributed by atoms with Crippen molar-refractivity contribution in [2.45, 2.75) is 0 Å². The fourth-order valence-corrected chi connectivity index (χ4v) is 1.21. The summed E-state index contributed by atoms with van der Waals surface area (Å²) in [5.74, 6) is 0. The molecule has 0 aromatic carbocycles. The predicted molar refractivity (Wildman–Crippen MR) is 33.5 cm³/mol. The molecule has 0 saturated heterocycles. The van der Waals surface area contributed by atoms with E-state index >= 15 is 0 Å². The number of rotatable bonds is 2. The van der Waals surface area contributed by atoms with Crippen LogP contribution in [-0.2, 0) is 13.4 Å². The van der Waals surface area contributed by atoms with Crippen molar-refractivity contribution in [2.24, 2.45) is 0 Å². The van der Waals surface area contributed by atoms with E-state index in [1.54, 1.807) is 0 Å². The fourth-order valence-electron chi connectivity index (χ4n) is 0.134. The second-order valence-corrected chi connectivity index (χ2v) is 3.61. The predicted octanol–water partition coefficient (Wildman–Crippen LogP) is -10.4. The Hall–Kier alpha value is 2.67. The average Bonchev–Trinajstić information content (AvgIpc) is 1.88. The second kappa shape index (κ2) is 20.0. The summed E-state index contributed by atoms with van der Waals surface area (Å²) in [6, 6.07) is 0. The molecule has 0 aliphatic carbocycles. The average molecular weight is 326 g/mol. The standard InChI is InChI=1S/FH.K.Na.H4O7P2.2H2O2/c;;;1-8(2,3)7-9(4,5)6;2*1-2/h1H;;;(H2,1,2,3)(H2,4,5,6);2*1-2H/q;2*+1;;;/p-2. The summed E-state index contributed by atoms with van der Waals surface area (Å²) in [4.78, 5) is 32.6. The number of hydrogen-bond donors (Lipinski definition) is 7. The first-order chi connectivity index (χ1) is 5.71. The monoisotopic (exact) mass is 326 g/mol. The van der Waals surface area contributed by atoms with Crippen LogP contribution in [-0.4, -0.2) is 35.7 Å². The molecule has 16 heteroatoms. The van der Waals surface area contributed by atoms with Gasteiger partial charge in [-0.15, -0.1) is 0 Å². The topological polar surface area (TPSA) is 208 Å². The third-order valence-corrected chi connectivity index (χ3v) is 1.89. The molecule has 16 heavy (non-hydrogen) atoms. The zero-order valence-electron chi connectivity index (χ0n) is 8.04. The van der Waals surface area contributed by atoms with Gasteiger partial charge in [-0.1, -0.05) is 0 Å². The van der Waals surface area contributed by atoms with Gasteiger partial charge >= 0.3 is 88.8 Å². The first-order valence-electron chi connectivity index (χ1n) is 1.91. The summed E-state index contributed by atoms with van der Waals surface area (Å²) in [6.45, 7) is 0. The van der Waals surface area contributed by atoms with Crippen molar-refractivity contribution in [2.75, 3.05) is 0 Å². The first-order valence-corrected chi connectivity index (χ1v) is 4.94. The normalized spacial score (nSPS) is 11.5. The molecule has 0 amide bonds. The van der Waals surface area contributed by atoms with Gasteiger partial charge in [0, 0.05) is 0 Å². The Morgan fingerprint density at radius 2 is 1.12 bits per heavy atom. The molecule has 0 fully saturated rings. The van der Waals surface area contributed by atoms with E-state index in [1.165, 1.54) is 0 Å². The summed E-state index contributed by atoms with van der Waals surface area (Å²) in [6.07, 6.45) is 0. The van der Waals surface area contributed by atoms with Crippen LogP contribution in [0.25, 0.3) is 0 Å². The number of hydrogen-bond acceptors (Lipinski definition) is 8. The van der Waals surface area contributed by atoms with Crippen LogP contribution < -0.4 is 90.5 Å². The maximum Gasteiger partial charge on any atom is 1.00 e. The minimum atomic E-state index is -5.30. The maximum atomic E-state index is 9.59. The first kappa shape index (κ1) is 36.3. The van der Waals surface area contributed by atoms with E-state index in [-0.39, 0.29) is 85.6 Å². The van der Waals surface area contributed by atoms with Crippen molar-refractivity contribution in [3.8, 4) is 0 Å². The number of halogens is 1. The molecule has 11 nitrogen and oxygen atoms in total. The minimum Gasteiger partial charge on any atom is -1.00 e. The Bertz CT molecular complexity index is 164. The van der Waals surface area contributed by atoms with E-state index < -0.39 is 15.6 Å². The van der Waals surface area contributed by atoms with Gasteiger partial charge in [0.15, 0.2) is 0 Å². The molecule has 0 aromatic heterocycles. The van der Waals surface area contributed by atoms with Gasteiger partial charge in [-0.05, 0) is 0 Å². The molecule has 0 spiro atoms. The molecule has 0 aromatic rings. The molecule has 7 N–H and O–H groups in total. The molecule has 0 aliphatic rings. The van der Waals surface area contributed by atoms with Crippen LogP contribution in [0.4, 0.5) is 0 Å². The van der Waals surface area contributed by atoms with Crippen LogP contribution in [0.5, 0.6) is 0 Å². The maximum absolute atomic E-state index is 9.59. The molecular weight excluding hydrogens is 319 g/mol. The Kier molecular flexibility index (Phi) is 45.4. The summed E-state index contributed by atoms with van der Waals surface area (Å²) in [7, 11) is -10.4. The van der Waals surface area contributed by atoms with Crippen LogP contribution in [0, 0.1) is 0 Å². The molecule has 92 valence electrons. The van der Waals surface area contributed by atoms with E-state index in [0.29, 0.717) is 0 Å². The van der Waals surface area contributed by atoms with E-state index in [9.17, 15) is 14.0 Å². The quantitative estimate of drug-likeness (QED) is 0.110. The van der Waals surface area contributed by atoms with Crippen LogP contribution >= 0.6 is 15.6 Å². The molecule has 1 unspecified atom stereocenters.